The van der Waals surface area contributed by atoms with Crippen molar-refractivity contribution in [2.45, 2.75) is 27.7 Å². The molecule has 1 aliphatic rings. The minimum atomic E-state index is -0.542. The average molecular weight is 556 g/mol. The molecule has 2 heterocycles. The molecule has 1 N–H and O–H groups in total. The van der Waals surface area contributed by atoms with E-state index in [1.54, 1.807) is 6.08 Å². The Morgan fingerprint density at radius 1 is 1.06 bits per heavy atom. The molecule has 0 unspecified atom stereocenters. The summed E-state index contributed by atoms with van der Waals surface area (Å²) < 4.78 is 16.2. The third-order valence-electron chi connectivity index (χ3n) is 5.74. The first kappa shape index (κ1) is 24.9. The molecule has 0 bridgehead atoms. The number of imide groups is 1. The molecule has 180 valence electrons. The molecule has 0 spiro atoms. The second-order valence-electron chi connectivity index (χ2n) is 8.38. The monoisotopic (exact) mass is 555 g/mol. The van der Waals surface area contributed by atoms with Crippen molar-refractivity contribution in [1.82, 2.24) is 9.47 Å². The summed E-state index contributed by atoms with van der Waals surface area (Å²) >= 11 is 4.41. The third-order valence-corrected chi connectivity index (χ3v) is 7.90. The molecule has 9 heteroatoms. The van der Waals surface area contributed by atoms with E-state index in [-0.39, 0.29) is 4.91 Å². The van der Waals surface area contributed by atoms with Gasteiger partial charge in [-0.05, 0) is 105 Å². The predicted octanol–water partition coefficient (Wildman–Crippen LogP) is 6.29. The number of carbonyl (C=O) groups is 3. The van der Waals surface area contributed by atoms with Crippen molar-refractivity contribution in [3.8, 4) is 5.69 Å². The second-order valence-corrected chi connectivity index (χ2v) is 10.2. The summed E-state index contributed by atoms with van der Waals surface area (Å²) in [5.41, 5.74) is 6.38. The van der Waals surface area contributed by atoms with Gasteiger partial charge in [0.05, 0.1) is 4.91 Å². The molecule has 35 heavy (non-hydrogen) atoms. The van der Waals surface area contributed by atoms with Crippen molar-refractivity contribution in [2.24, 2.45) is 0 Å². The molecule has 3 amide bonds. The molecular formula is C26H23BrFN3O3S. The SMILES string of the molecule is Cc1cc(-n2c(C)cc(/C=C3\SC(=O)N(CC(=O)Nc4ccc(F)cc4)C3=O)c2C)cc(C)c1Br. The molecule has 0 saturated carbocycles. The van der Waals surface area contributed by atoms with Crippen molar-refractivity contribution >= 4 is 56.5 Å². The second kappa shape index (κ2) is 9.83. The number of hydrogen-bond donors (Lipinski definition) is 1. The van der Waals surface area contributed by atoms with E-state index in [4.69, 9.17) is 0 Å². The number of amides is 3. The zero-order valence-electron chi connectivity index (χ0n) is 19.6. The molecule has 1 aromatic heterocycles. The van der Waals surface area contributed by atoms with Gasteiger partial charge in [-0.2, -0.15) is 0 Å². The summed E-state index contributed by atoms with van der Waals surface area (Å²) in [5, 5.41) is 2.05. The van der Waals surface area contributed by atoms with Gasteiger partial charge in [0, 0.05) is 27.2 Å². The van der Waals surface area contributed by atoms with Crippen molar-refractivity contribution in [1.29, 1.82) is 0 Å². The van der Waals surface area contributed by atoms with Crippen LogP contribution in [0.25, 0.3) is 11.8 Å². The van der Waals surface area contributed by atoms with Crippen LogP contribution in [0.2, 0.25) is 0 Å². The van der Waals surface area contributed by atoms with Crippen molar-refractivity contribution < 1.29 is 18.8 Å². The highest BCUT2D eigenvalue weighted by atomic mass is 79.9. The van der Waals surface area contributed by atoms with Crippen molar-refractivity contribution in [2.75, 3.05) is 11.9 Å². The summed E-state index contributed by atoms with van der Waals surface area (Å²) in [6, 6.07) is 11.4. The first-order chi connectivity index (χ1) is 16.5. The lowest BCUT2D eigenvalue weighted by atomic mass is 10.1. The molecule has 0 atom stereocenters. The zero-order valence-corrected chi connectivity index (χ0v) is 22.0. The highest BCUT2D eigenvalue weighted by Gasteiger charge is 2.36. The molecule has 0 aliphatic carbocycles. The third kappa shape index (κ3) is 5.11. The van der Waals surface area contributed by atoms with Crippen LogP contribution >= 0.6 is 27.7 Å². The van der Waals surface area contributed by atoms with Crippen LogP contribution in [0.3, 0.4) is 0 Å². The lowest BCUT2D eigenvalue weighted by molar-refractivity contribution is -0.127. The Labute approximate surface area is 215 Å². The van der Waals surface area contributed by atoms with Gasteiger partial charge in [-0.1, -0.05) is 15.9 Å². The molecule has 1 fully saturated rings. The van der Waals surface area contributed by atoms with Crippen LogP contribution < -0.4 is 5.32 Å². The Bertz CT molecular complexity index is 1370. The number of anilines is 1. The molecule has 3 aromatic rings. The molecule has 2 aromatic carbocycles. The zero-order chi connectivity index (χ0) is 25.4. The average Bonchev–Trinajstić information content (AvgIpc) is 3.22. The highest BCUT2D eigenvalue weighted by molar-refractivity contribution is 9.10. The van der Waals surface area contributed by atoms with Crippen LogP contribution in [-0.2, 0) is 9.59 Å². The number of aromatic nitrogens is 1. The van der Waals surface area contributed by atoms with Gasteiger partial charge >= 0.3 is 0 Å². The largest absolute Gasteiger partial charge is 0.325 e. The first-order valence-corrected chi connectivity index (χ1v) is 12.4. The quantitative estimate of drug-likeness (QED) is 0.375. The van der Waals surface area contributed by atoms with E-state index in [9.17, 15) is 18.8 Å². The normalized spacial score (nSPS) is 14.8. The van der Waals surface area contributed by atoms with Crippen LogP contribution in [0.4, 0.5) is 14.9 Å². The molecule has 4 rings (SSSR count). The van der Waals surface area contributed by atoms with Crippen LogP contribution in [-0.4, -0.2) is 33.1 Å². The van der Waals surface area contributed by atoms with Crippen LogP contribution in [0.1, 0.15) is 28.1 Å². The molecule has 1 aliphatic heterocycles. The maximum atomic E-state index is 13.1. The molecule has 0 radical (unpaired) electrons. The summed E-state index contributed by atoms with van der Waals surface area (Å²) in [7, 11) is 0. The minimum Gasteiger partial charge on any atom is -0.325 e. The van der Waals surface area contributed by atoms with Gasteiger partial charge in [-0.25, -0.2) is 4.39 Å². The number of rotatable bonds is 5. The lowest BCUT2D eigenvalue weighted by Crippen LogP contribution is -2.36. The number of aryl methyl sites for hydroxylation is 3. The summed E-state index contributed by atoms with van der Waals surface area (Å²) in [4.78, 5) is 38.9. The summed E-state index contributed by atoms with van der Waals surface area (Å²) in [5.74, 6) is -1.49. The molecule has 6 nitrogen and oxygen atoms in total. The fraction of sp³-hybridized carbons (Fsp3) is 0.192. The maximum Gasteiger partial charge on any atom is 0.294 e. The van der Waals surface area contributed by atoms with Gasteiger partial charge in [0.1, 0.15) is 12.4 Å². The smallest absolute Gasteiger partial charge is 0.294 e. The number of hydrogen-bond acceptors (Lipinski definition) is 4. The van der Waals surface area contributed by atoms with Gasteiger partial charge < -0.3 is 9.88 Å². The standard InChI is InChI=1S/C26H23BrFN3O3S/c1-14-9-21(10-15(2)24(14)27)31-16(3)11-18(17(31)4)12-22-25(33)30(26(34)35-22)13-23(32)29-20-7-5-19(28)6-8-20/h5-12H,13H2,1-4H3,(H,29,32)/b22-12-. The number of carbonyl (C=O) groups excluding carboxylic acids is 3. The topological polar surface area (TPSA) is 71.4 Å². The van der Waals surface area contributed by atoms with Gasteiger partial charge in [-0.15, -0.1) is 0 Å². The Morgan fingerprint density at radius 3 is 2.31 bits per heavy atom. The summed E-state index contributed by atoms with van der Waals surface area (Å²) in [6.07, 6.45) is 1.69. The number of halogens is 2. The Balaban J connectivity index is 1.55. The van der Waals surface area contributed by atoms with E-state index in [1.807, 2.05) is 33.8 Å². The Kier molecular flexibility index (Phi) is 7.00. The fourth-order valence-corrected chi connectivity index (χ4v) is 5.10. The molecule has 1 saturated heterocycles. The highest BCUT2D eigenvalue weighted by Crippen LogP contribution is 2.34. The number of thioether (sulfide) groups is 1. The van der Waals surface area contributed by atoms with Gasteiger partial charge in [0.25, 0.3) is 11.1 Å². The van der Waals surface area contributed by atoms with Crippen LogP contribution in [0.5, 0.6) is 0 Å². The number of benzene rings is 2. The van der Waals surface area contributed by atoms with Gasteiger partial charge in [-0.3, -0.25) is 19.3 Å². The fourth-order valence-electron chi connectivity index (χ4n) is 4.04. The van der Waals surface area contributed by atoms with E-state index in [1.165, 1.54) is 24.3 Å². The van der Waals surface area contributed by atoms with E-state index >= 15 is 0 Å². The molecular weight excluding hydrogens is 533 g/mol. The van der Waals surface area contributed by atoms with Crippen molar-refractivity contribution in [3.05, 3.63) is 85.7 Å². The minimum absolute atomic E-state index is 0.257. The number of nitrogens with zero attached hydrogens (tertiary/aromatic N) is 2. The van der Waals surface area contributed by atoms with E-state index in [0.29, 0.717) is 5.69 Å². The maximum absolute atomic E-state index is 13.1. The van der Waals surface area contributed by atoms with Crippen molar-refractivity contribution in [3.63, 3.8) is 0 Å². The summed E-state index contributed by atoms with van der Waals surface area (Å²) in [6.45, 7) is 7.61. The van der Waals surface area contributed by atoms with E-state index in [2.05, 4.69) is 37.9 Å². The van der Waals surface area contributed by atoms with E-state index < -0.39 is 29.4 Å². The van der Waals surface area contributed by atoms with Gasteiger partial charge in [0.15, 0.2) is 0 Å². The van der Waals surface area contributed by atoms with E-state index in [0.717, 1.165) is 54.9 Å². The van der Waals surface area contributed by atoms with Gasteiger partial charge in [0.2, 0.25) is 5.91 Å². The predicted molar refractivity (Wildman–Crippen MR) is 140 cm³/mol. The van der Waals surface area contributed by atoms with Crippen LogP contribution in [0.15, 0.2) is 51.8 Å². The lowest BCUT2D eigenvalue weighted by Gasteiger charge is -2.13. The Hall–Kier alpha value is -3.17. The Morgan fingerprint density at radius 2 is 1.69 bits per heavy atom. The number of nitrogens with one attached hydrogen (secondary N) is 1. The first-order valence-electron chi connectivity index (χ1n) is 10.8. The van der Waals surface area contributed by atoms with Crippen LogP contribution in [0, 0.1) is 33.5 Å².